The van der Waals surface area contributed by atoms with Gasteiger partial charge in [0.1, 0.15) is 0 Å². The van der Waals surface area contributed by atoms with E-state index in [0.29, 0.717) is 0 Å². The minimum Gasteiger partial charge on any atom is -1.00 e. The number of benzene rings is 2. The van der Waals surface area contributed by atoms with Gasteiger partial charge < -0.3 is 9.41 Å². The predicted molar refractivity (Wildman–Crippen MR) is 101 cm³/mol. The Kier molecular flexibility index (Phi) is 6.10. The van der Waals surface area contributed by atoms with Gasteiger partial charge in [-0.2, -0.15) is 0 Å². The summed E-state index contributed by atoms with van der Waals surface area (Å²) >= 11 is -0.562. The molecule has 5 rings (SSSR count). The van der Waals surface area contributed by atoms with Crippen LogP contribution in [0.4, 0.5) is 0 Å². The maximum Gasteiger partial charge on any atom is -1.00 e. The Labute approximate surface area is 166 Å². The van der Waals surface area contributed by atoms with Crippen molar-refractivity contribution >= 4 is 20.1 Å². The van der Waals surface area contributed by atoms with Crippen molar-refractivity contribution in [1.29, 1.82) is 0 Å². The van der Waals surface area contributed by atoms with Crippen molar-refractivity contribution in [2.75, 3.05) is 6.16 Å². The van der Waals surface area contributed by atoms with Crippen molar-refractivity contribution in [2.24, 2.45) is 0 Å². The quantitative estimate of drug-likeness (QED) is 0.606. The fourth-order valence-corrected chi connectivity index (χ4v) is 14.7. The molecule has 26 heavy (non-hydrogen) atoms. The topological polar surface area (TPSA) is 0 Å². The molecule has 0 bridgehead atoms. The average Bonchev–Trinajstić information content (AvgIpc) is 3.17. The zero-order chi connectivity index (χ0) is 16.1. The standard InChI is InChI=1S/C22H21P.2FH.Zr/c1-2-3-12-23(21-13-17-8-4-5-9-18(17)14-21)22-15-19-10-6-7-11-20(19)16-22;;;/h4-11,13-16H,2-3,12H2,1H3;2*1H;/q;;;+2/p-2. The summed E-state index contributed by atoms with van der Waals surface area (Å²) in [5.74, 6) is 0. The third-order valence-corrected chi connectivity index (χ3v) is 14.2. The molecule has 0 N–H and O–H groups in total. The number of hydrogen-bond donors (Lipinski definition) is 0. The molecule has 1 saturated heterocycles. The minimum absolute atomic E-state index is 0. The summed E-state index contributed by atoms with van der Waals surface area (Å²) in [5.41, 5.74) is 6.37. The summed E-state index contributed by atoms with van der Waals surface area (Å²) in [6.45, 7) is 2.33. The van der Waals surface area contributed by atoms with E-state index in [0.717, 1.165) is 7.25 Å². The van der Waals surface area contributed by atoms with Crippen LogP contribution in [-0.2, 0) is 23.2 Å². The van der Waals surface area contributed by atoms with Gasteiger partial charge in [-0.25, -0.2) is 0 Å². The molecule has 3 aliphatic rings. The zero-order valence-corrected chi connectivity index (χ0v) is 18.1. The van der Waals surface area contributed by atoms with Crippen molar-refractivity contribution in [3.05, 3.63) is 81.4 Å². The van der Waals surface area contributed by atoms with Crippen molar-refractivity contribution in [3.8, 4) is 0 Å². The van der Waals surface area contributed by atoms with Crippen LogP contribution in [0.5, 0.6) is 0 Å². The Bertz CT molecular complexity index is 806. The first kappa shape index (κ1) is 19.8. The van der Waals surface area contributed by atoms with E-state index in [1.807, 2.05) is 10.6 Å². The number of rotatable bonds is 3. The van der Waals surface area contributed by atoms with Gasteiger partial charge in [0.15, 0.2) is 0 Å². The molecule has 0 aromatic heterocycles. The van der Waals surface area contributed by atoms with E-state index >= 15 is 0 Å². The smallest absolute Gasteiger partial charge is 1.00 e. The molecule has 0 amide bonds. The number of halogens is 2. The van der Waals surface area contributed by atoms with Crippen molar-refractivity contribution in [2.45, 2.75) is 27.0 Å². The Morgan fingerprint density at radius 1 is 0.808 bits per heavy atom. The first-order valence-electron chi connectivity index (χ1n) is 9.01. The van der Waals surface area contributed by atoms with Gasteiger partial charge >= 0.3 is 158 Å². The van der Waals surface area contributed by atoms with E-state index in [-0.39, 0.29) is 17.3 Å². The molecule has 1 heterocycles. The Morgan fingerprint density at radius 3 is 1.81 bits per heavy atom. The number of hydrogen-bond acceptors (Lipinski definition) is 0. The van der Waals surface area contributed by atoms with E-state index in [9.17, 15) is 0 Å². The van der Waals surface area contributed by atoms with Crippen LogP contribution in [0.25, 0.3) is 12.2 Å². The minimum atomic E-state index is -0.562. The molecule has 0 nitrogen and oxygen atoms in total. The molecule has 0 spiro atoms. The Hall–Kier alpha value is -0.907. The molecular formula is C22H21F2PZr. The van der Waals surface area contributed by atoms with Crippen LogP contribution in [0.1, 0.15) is 49.3 Å². The predicted octanol–water partition coefficient (Wildman–Crippen LogP) is 0.564. The van der Waals surface area contributed by atoms with E-state index in [4.69, 9.17) is 0 Å². The van der Waals surface area contributed by atoms with Crippen LogP contribution in [0.15, 0.2) is 59.2 Å². The summed E-state index contributed by atoms with van der Waals surface area (Å²) in [4.78, 5) is 0. The first-order chi connectivity index (χ1) is 11.9. The molecule has 2 atom stereocenters. The van der Waals surface area contributed by atoms with Crippen LogP contribution in [0.2, 0.25) is 0 Å². The number of fused-ring (bicyclic) bond motifs is 6. The van der Waals surface area contributed by atoms with Gasteiger partial charge in [-0.05, 0) is 0 Å². The first-order valence-corrected chi connectivity index (χ1v) is 13.4. The SMILES string of the molecule is CCCCP1C2=Cc3ccccc3[CH]2[Zr+2][CH]2C1=Cc1ccccc12.[F-].[F-]. The summed E-state index contributed by atoms with van der Waals surface area (Å²) in [6.07, 6.45) is 9.26. The molecule has 2 aromatic carbocycles. The van der Waals surface area contributed by atoms with Gasteiger partial charge in [-0.3, -0.25) is 0 Å². The van der Waals surface area contributed by atoms with Crippen LogP contribution in [0, 0.1) is 0 Å². The molecular weight excluding hydrogens is 424 g/mol. The third-order valence-electron chi connectivity index (χ3n) is 5.50. The third kappa shape index (κ3) is 3.02. The van der Waals surface area contributed by atoms with Crippen LogP contribution in [0.3, 0.4) is 0 Å². The molecule has 2 aromatic rings. The fourth-order valence-electron chi connectivity index (χ4n) is 4.32. The maximum absolute atomic E-state index is 2.59. The maximum atomic E-state index is 2.59. The zero-order valence-electron chi connectivity index (χ0n) is 14.8. The second-order valence-corrected chi connectivity index (χ2v) is 12.9. The van der Waals surface area contributed by atoms with Gasteiger partial charge in [0.05, 0.1) is 0 Å². The van der Waals surface area contributed by atoms with Gasteiger partial charge in [-0.1, -0.05) is 0 Å². The molecule has 2 unspecified atom stereocenters. The van der Waals surface area contributed by atoms with E-state index in [1.54, 1.807) is 11.1 Å². The average molecular weight is 446 g/mol. The van der Waals surface area contributed by atoms with Crippen molar-refractivity contribution < 1.29 is 32.6 Å². The number of allylic oxidation sites excluding steroid dienone is 2. The summed E-state index contributed by atoms with van der Waals surface area (Å²) in [7, 11) is -0.0864. The molecule has 0 radical (unpaired) electrons. The van der Waals surface area contributed by atoms with Gasteiger partial charge in [0.25, 0.3) is 0 Å². The normalized spacial score (nSPS) is 23.5. The van der Waals surface area contributed by atoms with E-state index in [2.05, 4.69) is 67.6 Å². The molecule has 1 fully saturated rings. The van der Waals surface area contributed by atoms with Gasteiger partial charge in [0.2, 0.25) is 0 Å². The van der Waals surface area contributed by atoms with Gasteiger partial charge in [0, 0.05) is 0 Å². The van der Waals surface area contributed by atoms with Crippen LogP contribution >= 0.6 is 7.92 Å². The molecule has 0 saturated carbocycles. The fraction of sp³-hybridized carbons (Fsp3) is 0.273. The Morgan fingerprint density at radius 2 is 1.31 bits per heavy atom. The summed E-state index contributed by atoms with van der Waals surface area (Å²) in [6, 6.07) is 18.4. The van der Waals surface area contributed by atoms with E-state index < -0.39 is 23.2 Å². The largest absolute Gasteiger partial charge is 1.00 e. The molecule has 132 valence electrons. The second kappa shape index (κ2) is 7.99. The Balaban J connectivity index is 0.000000980. The molecule has 1 aliphatic heterocycles. The summed E-state index contributed by atoms with van der Waals surface area (Å²) in [5, 5.41) is 3.67. The molecule has 2 aliphatic carbocycles. The van der Waals surface area contributed by atoms with Crippen molar-refractivity contribution in [3.63, 3.8) is 0 Å². The second-order valence-electron chi connectivity index (χ2n) is 6.93. The van der Waals surface area contributed by atoms with Gasteiger partial charge in [-0.15, -0.1) is 0 Å². The van der Waals surface area contributed by atoms with Crippen LogP contribution in [-0.4, -0.2) is 6.16 Å². The van der Waals surface area contributed by atoms with E-state index in [1.165, 1.54) is 30.1 Å². The summed E-state index contributed by atoms with van der Waals surface area (Å²) < 4.78 is 1.67. The monoisotopic (exact) mass is 444 g/mol. The van der Waals surface area contributed by atoms with Crippen molar-refractivity contribution in [1.82, 2.24) is 0 Å². The number of unbranched alkanes of at least 4 members (excludes halogenated alkanes) is 1. The van der Waals surface area contributed by atoms with Crippen LogP contribution < -0.4 is 9.41 Å². The molecule has 4 heteroatoms.